The second-order valence-electron chi connectivity index (χ2n) is 10.1. The summed E-state index contributed by atoms with van der Waals surface area (Å²) in [4.78, 5) is 0. The van der Waals surface area contributed by atoms with Gasteiger partial charge in [-0.2, -0.15) is 23.3 Å². The van der Waals surface area contributed by atoms with Gasteiger partial charge in [0.15, 0.2) is 0 Å². The molecule has 2 atom stereocenters. The Labute approximate surface area is 207 Å². The summed E-state index contributed by atoms with van der Waals surface area (Å²) >= 11 is 0. The molecule has 0 nitrogen and oxygen atoms in total. The molecule has 0 aliphatic heterocycles. The molecule has 0 saturated carbocycles. The first-order valence-corrected chi connectivity index (χ1v) is 12.5. The van der Waals surface area contributed by atoms with E-state index in [4.69, 9.17) is 0 Å². The van der Waals surface area contributed by atoms with Gasteiger partial charge in [-0.25, -0.2) is 10.4 Å². The summed E-state index contributed by atoms with van der Waals surface area (Å²) < 4.78 is 0. The molecule has 28 heavy (non-hydrogen) atoms. The quantitative estimate of drug-likeness (QED) is 0.390. The normalized spacial score (nSPS) is 22.2. The first-order valence-electron chi connectivity index (χ1n) is 10.1. The fraction of sp³-hybridized carbons (Fsp3) is 0.667. The molecule has 2 unspecified atom stereocenters. The molecular formula is C24H38Cl2SiZr. The van der Waals surface area contributed by atoms with E-state index in [1.54, 1.807) is 21.5 Å². The van der Waals surface area contributed by atoms with Gasteiger partial charge < -0.3 is 24.8 Å². The minimum Gasteiger partial charge on any atom is -1.00 e. The number of allylic oxidation sites excluding steroid dienone is 8. The maximum Gasteiger partial charge on any atom is 4.00 e. The van der Waals surface area contributed by atoms with Gasteiger partial charge >= 0.3 is 26.2 Å². The van der Waals surface area contributed by atoms with Crippen LogP contribution in [0.15, 0.2) is 33.7 Å². The number of rotatable bonds is 4. The van der Waals surface area contributed by atoms with Gasteiger partial charge in [-0.15, -0.1) is 0 Å². The summed E-state index contributed by atoms with van der Waals surface area (Å²) in [5.74, 6) is 0.881. The van der Waals surface area contributed by atoms with E-state index in [1.165, 1.54) is 12.1 Å². The van der Waals surface area contributed by atoms with Crippen molar-refractivity contribution in [2.24, 2.45) is 22.7 Å². The second-order valence-corrected chi connectivity index (χ2v) is 14.6. The zero-order valence-corrected chi connectivity index (χ0v) is 24.4. The standard InChI is InChI=1S/C24H38Si.2ClH.Zr/c1-11-25(12-2,21-15-17(3)13-19(21)23(5,6)7)22-16-18(4)14-20(22)24(8,9)10;;;/h13-14,17-18H,11-12H2,1-10H3;2*1H;/q-2;;;+4/p-2. The van der Waals surface area contributed by atoms with Gasteiger partial charge in [-0.3, -0.25) is 12.2 Å². The van der Waals surface area contributed by atoms with E-state index in [9.17, 15) is 0 Å². The predicted octanol–water partition coefficient (Wildman–Crippen LogP) is 1.26. The Morgan fingerprint density at radius 2 is 1.04 bits per heavy atom. The van der Waals surface area contributed by atoms with Crippen LogP contribution in [-0.4, -0.2) is 8.07 Å². The van der Waals surface area contributed by atoms with E-state index < -0.39 is 8.07 Å². The third-order valence-electron chi connectivity index (χ3n) is 5.90. The van der Waals surface area contributed by atoms with Gasteiger partial charge in [0.1, 0.15) is 0 Å². The summed E-state index contributed by atoms with van der Waals surface area (Å²) in [7, 11) is -1.83. The molecule has 0 heterocycles. The Bertz CT molecular complexity index is 599. The summed E-state index contributed by atoms with van der Waals surface area (Å²) in [5, 5.41) is 3.17. The fourth-order valence-corrected chi connectivity index (χ4v) is 9.60. The molecule has 0 aromatic rings. The first-order chi connectivity index (χ1) is 11.4. The third-order valence-corrected chi connectivity index (χ3v) is 11.1. The van der Waals surface area contributed by atoms with E-state index >= 15 is 0 Å². The van der Waals surface area contributed by atoms with Gasteiger partial charge in [0, 0.05) is 8.07 Å². The number of hydrogen-bond donors (Lipinski definition) is 0. The molecule has 0 amide bonds. The fourth-order valence-electron chi connectivity index (χ4n) is 4.48. The monoisotopic (exact) mass is 514 g/mol. The predicted molar refractivity (Wildman–Crippen MR) is 114 cm³/mol. The maximum absolute atomic E-state index is 3.91. The second kappa shape index (κ2) is 10.8. The van der Waals surface area contributed by atoms with E-state index in [0.29, 0.717) is 11.8 Å². The van der Waals surface area contributed by atoms with Crippen LogP contribution < -0.4 is 24.8 Å². The van der Waals surface area contributed by atoms with Gasteiger partial charge in [-0.05, 0) is 0 Å². The van der Waals surface area contributed by atoms with Gasteiger partial charge in [0.2, 0.25) is 0 Å². The molecule has 2 aliphatic rings. The summed E-state index contributed by atoms with van der Waals surface area (Å²) in [6.45, 7) is 23.6. The van der Waals surface area contributed by atoms with E-state index in [2.05, 4.69) is 93.5 Å². The molecule has 2 aliphatic carbocycles. The molecule has 0 bridgehead atoms. The topological polar surface area (TPSA) is 0 Å². The summed E-state index contributed by atoms with van der Waals surface area (Å²) in [5.41, 5.74) is 3.48. The molecule has 0 radical (unpaired) electrons. The van der Waals surface area contributed by atoms with Crippen LogP contribution in [0, 0.1) is 34.8 Å². The molecular weight excluding hydrogens is 478 g/mol. The van der Waals surface area contributed by atoms with Crippen LogP contribution in [-0.2, 0) is 26.2 Å². The minimum absolute atomic E-state index is 0. The molecule has 4 heteroatoms. The van der Waals surface area contributed by atoms with E-state index in [1.807, 2.05) is 0 Å². The van der Waals surface area contributed by atoms with Crippen LogP contribution >= 0.6 is 0 Å². The van der Waals surface area contributed by atoms with Crippen molar-refractivity contribution in [2.45, 2.75) is 81.3 Å². The summed E-state index contributed by atoms with van der Waals surface area (Å²) in [6, 6.07) is 2.49. The molecule has 0 aromatic heterocycles. The number of hydrogen-bond acceptors (Lipinski definition) is 0. The van der Waals surface area contributed by atoms with Crippen LogP contribution in [0.2, 0.25) is 12.1 Å². The van der Waals surface area contributed by atoms with Crippen molar-refractivity contribution in [3.05, 3.63) is 45.8 Å². The molecule has 156 valence electrons. The minimum atomic E-state index is -1.83. The molecule has 0 N–H and O–H groups in total. The van der Waals surface area contributed by atoms with Crippen molar-refractivity contribution < 1.29 is 51.0 Å². The van der Waals surface area contributed by atoms with Gasteiger partial charge in [0.05, 0.1) is 0 Å². The van der Waals surface area contributed by atoms with Crippen LogP contribution in [0.3, 0.4) is 0 Å². The maximum atomic E-state index is 3.91. The molecule has 0 saturated heterocycles. The molecule has 0 spiro atoms. The number of halogens is 2. The Hall–Kier alpha value is 0.640. The van der Waals surface area contributed by atoms with Crippen molar-refractivity contribution in [3.63, 3.8) is 0 Å². The summed E-state index contributed by atoms with van der Waals surface area (Å²) in [6.07, 6.45) is 12.8. The van der Waals surface area contributed by atoms with Crippen molar-refractivity contribution in [3.8, 4) is 0 Å². The zero-order chi connectivity index (χ0) is 19.2. The average Bonchev–Trinajstić information content (AvgIpc) is 3.05. The Kier molecular flexibility index (Phi) is 11.9. The zero-order valence-electron chi connectivity index (χ0n) is 19.5. The first kappa shape index (κ1) is 30.8. The van der Waals surface area contributed by atoms with E-state index in [-0.39, 0.29) is 61.8 Å². The SMILES string of the molecule is CC[Si](CC)(C1=[C-]C(C)C=C1C(C)(C)C)C1=[C-]C(C)C=C1C(C)(C)C.[Cl-].[Cl-].[Zr+4]. The smallest absolute Gasteiger partial charge is 1.00 e. The van der Waals surface area contributed by atoms with Crippen LogP contribution in [0.5, 0.6) is 0 Å². The Balaban J connectivity index is 0. The Morgan fingerprint density at radius 1 is 0.750 bits per heavy atom. The molecule has 2 rings (SSSR count). The van der Waals surface area contributed by atoms with Crippen LogP contribution in [0.1, 0.15) is 69.2 Å². The van der Waals surface area contributed by atoms with Gasteiger partial charge in [0.25, 0.3) is 0 Å². The van der Waals surface area contributed by atoms with Crippen molar-refractivity contribution >= 4 is 8.07 Å². The molecule has 0 fully saturated rings. The van der Waals surface area contributed by atoms with Crippen LogP contribution in [0.25, 0.3) is 0 Å². The largest absolute Gasteiger partial charge is 4.00 e. The van der Waals surface area contributed by atoms with Crippen molar-refractivity contribution in [1.29, 1.82) is 0 Å². The van der Waals surface area contributed by atoms with Gasteiger partial charge in [-0.1, -0.05) is 104 Å². The Morgan fingerprint density at radius 3 is 1.25 bits per heavy atom. The average molecular weight is 517 g/mol. The van der Waals surface area contributed by atoms with Crippen molar-refractivity contribution in [2.75, 3.05) is 0 Å². The van der Waals surface area contributed by atoms with Crippen LogP contribution in [0.4, 0.5) is 0 Å². The van der Waals surface area contributed by atoms with E-state index in [0.717, 1.165) is 0 Å². The third kappa shape index (κ3) is 5.87. The van der Waals surface area contributed by atoms with Crippen molar-refractivity contribution in [1.82, 2.24) is 0 Å². The molecule has 0 aromatic carbocycles.